The molecule has 7 nitrogen and oxygen atoms in total. The van der Waals surface area contributed by atoms with Crippen molar-refractivity contribution in [1.29, 1.82) is 0 Å². The van der Waals surface area contributed by atoms with Crippen molar-refractivity contribution < 1.29 is 72.6 Å². The molecule has 2 N–H and O–H groups in total. The maximum atomic E-state index is 11.7. The molecular formula is C24H28Li2O7. The van der Waals surface area contributed by atoms with Crippen molar-refractivity contribution in [2.45, 2.75) is 52.4 Å². The van der Waals surface area contributed by atoms with Gasteiger partial charge < -0.3 is 20.5 Å². The zero-order valence-corrected chi connectivity index (χ0v) is 19.8. The smallest absolute Gasteiger partial charge is 0.870 e. The third-order valence-electron chi connectivity index (χ3n) is 4.42. The van der Waals surface area contributed by atoms with Gasteiger partial charge in [-0.05, 0) is 18.9 Å². The zero-order chi connectivity index (χ0) is 22.5. The number of benzene rings is 2. The Morgan fingerprint density at radius 3 is 1.36 bits per heavy atom. The molecule has 0 aromatic heterocycles. The van der Waals surface area contributed by atoms with Gasteiger partial charge in [0.2, 0.25) is 0 Å². The first-order valence-electron chi connectivity index (χ1n) is 10.0. The van der Waals surface area contributed by atoms with Crippen molar-refractivity contribution in [3.63, 3.8) is 0 Å². The number of hydrogen-bond acceptors (Lipinski definition) is 6. The maximum absolute atomic E-state index is 11.7. The van der Waals surface area contributed by atoms with Crippen LogP contribution < -0.4 is 42.8 Å². The number of carbonyl (C=O) groups is 4. The van der Waals surface area contributed by atoms with Crippen molar-refractivity contribution in [2.24, 2.45) is 0 Å². The fourth-order valence-corrected chi connectivity index (χ4v) is 2.76. The fourth-order valence-electron chi connectivity index (χ4n) is 2.76. The minimum Gasteiger partial charge on any atom is -0.870 e. The molecule has 2 rings (SSSR count). The monoisotopic (exact) mass is 442 g/mol. The number of carboxylic acids is 2. The molecule has 33 heavy (non-hydrogen) atoms. The average molecular weight is 442 g/mol. The summed E-state index contributed by atoms with van der Waals surface area (Å²) < 4.78 is 0. The molecule has 0 amide bonds. The molecule has 9 heteroatoms. The standard InChI is InChI=1S/2C12H14O3.2Li.H2O/c2*1-2-3-8-11(13)9-6-4-5-7-10(9)12(14)15;;;/h2*4-7H,2-3,8H2,1H3,(H,14,15);;;1H2/q;;2*+1;/p-2. The van der Waals surface area contributed by atoms with Crippen LogP contribution in [-0.4, -0.2) is 34.1 Å². The van der Waals surface area contributed by atoms with Gasteiger partial charge in [-0.3, -0.25) is 9.59 Å². The van der Waals surface area contributed by atoms with E-state index in [4.69, 9.17) is 5.11 Å². The van der Waals surface area contributed by atoms with Gasteiger partial charge in [-0.2, -0.15) is 0 Å². The predicted molar refractivity (Wildman–Crippen MR) is 114 cm³/mol. The van der Waals surface area contributed by atoms with E-state index in [9.17, 15) is 24.3 Å². The predicted octanol–water partition coefficient (Wildman–Crippen LogP) is -1.99. The van der Waals surface area contributed by atoms with Gasteiger partial charge in [0.1, 0.15) is 0 Å². The Morgan fingerprint density at radius 2 is 1.03 bits per heavy atom. The Hall–Kier alpha value is -2.13. The van der Waals surface area contributed by atoms with Crippen LogP contribution in [0.25, 0.3) is 0 Å². The van der Waals surface area contributed by atoms with E-state index in [0.717, 1.165) is 25.7 Å². The van der Waals surface area contributed by atoms with Crippen LogP contribution >= 0.6 is 0 Å². The molecule has 0 unspecified atom stereocenters. The first-order valence-corrected chi connectivity index (χ1v) is 10.0. The van der Waals surface area contributed by atoms with Crippen LogP contribution in [0.2, 0.25) is 0 Å². The van der Waals surface area contributed by atoms with E-state index in [-0.39, 0.29) is 71.5 Å². The van der Waals surface area contributed by atoms with Gasteiger partial charge in [-0.25, -0.2) is 4.79 Å². The average Bonchev–Trinajstić information content (AvgIpc) is 2.76. The Kier molecular flexibility index (Phi) is 20.8. The molecule has 0 heterocycles. The van der Waals surface area contributed by atoms with E-state index < -0.39 is 11.9 Å². The van der Waals surface area contributed by atoms with Crippen molar-refractivity contribution in [3.8, 4) is 0 Å². The van der Waals surface area contributed by atoms with Crippen LogP contribution in [0.5, 0.6) is 0 Å². The zero-order valence-electron chi connectivity index (χ0n) is 19.8. The minimum absolute atomic E-state index is 0. The van der Waals surface area contributed by atoms with Crippen LogP contribution in [0.15, 0.2) is 48.5 Å². The second kappa shape index (κ2) is 19.4. The molecule has 168 valence electrons. The van der Waals surface area contributed by atoms with Crippen LogP contribution in [0, 0.1) is 0 Å². The second-order valence-corrected chi connectivity index (χ2v) is 6.74. The first-order chi connectivity index (χ1) is 14.3. The molecule has 0 atom stereocenters. The Balaban J connectivity index is -0.000000500. The van der Waals surface area contributed by atoms with Crippen molar-refractivity contribution >= 4 is 23.5 Å². The van der Waals surface area contributed by atoms with E-state index in [1.54, 1.807) is 30.3 Å². The number of rotatable bonds is 10. The molecule has 0 saturated heterocycles. The molecule has 2 aromatic rings. The first kappa shape index (κ1) is 35.5. The van der Waals surface area contributed by atoms with E-state index in [1.165, 1.54) is 18.2 Å². The third kappa shape index (κ3) is 12.1. The molecule has 0 aliphatic rings. The molecule has 2 aromatic carbocycles. The molecule has 0 saturated carbocycles. The summed E-state index contributed by atoms with van der Waals surface area (Å²) in [5.74, 6) is -2.56. The van der Waals surface area contributed by atoms with Gasteiger partial charge in [-0.1, -0.05) is 69.2 Å². The number of carbonyl (C=O) groups excluding carboxylic acids is 3. The molecule has 0 aliphatic heterocycles. The summed E-state index contributed by atoms with van der Waals surface area (Å²) >= 11 is 0. The Morgan fingerprint density at radius 1 is 0.697 bits per heavy atom. The van der Waals surface area contributed by atoms with Crippen LogP contribution in [0.1, 0.15) is 93.8 Å². The van der Waals surface area contributed by atoms with Crippen LogP contribution in [0.4, 0.5) is 0 Å². The summed E-state index contributed by atoms with van der Waals surface area (Å²) in [5.41, 5.74) is 0.654. The van der Waals surface area contributed by atoms with Crippen molar-refractivity contribution in [3.05, 3.63) is 70.8 Å². The number of unbranched alkanes of at least 4 members (excludes halogenated alkanes) is 2. The summed E-state index contributed by atoms with van der Waals surface area (Å²) in [6.45, 7) is 3.98. The Labute approximate surface area is 218 Å². The maximum Gasteiger partial charge on any atom is 1.00 e. The van der Waals surface area contributed by atoms with Gasteiger partial charge in [0.25, 0.3) is 0 Å². The van der Waals surface area contributed by atoms with E-state index in [0.29, 0.717) is 18.4 Å². The third-order valence-corrected chi connectivity index (χ3v) is 4.42. The van der Waals surface area contributed by atoms with E-state index in [1.807, 2.05) is 13.8 Å². The van der Waals surface area contributed by atoms with Crippen LogP contribution in [-0.2, 0) is 0 Å². The summed E-state index contributed by atoms with van der Waals surface area (Å²) in [7, 11) is 0. The van der Waals surface area contributed by atoms with Gasteiger partial charge in [0, 0.05) is 29.5 Å². The van der Waals surface area contributed by atoms with Crippen molar-refractivity contribution in [1.82, 2.24) is 0 Å². The van der Waals surface area contributed by atoms with Gasteiger partial charge in [0.05, 0.1) is 11.5 Å². The summed E-state index contributed by atoms with van der Waals surface area (Å²) in [6.07, 6.45) is 4.23. The fraction of sp³-hybridized carbons (Fsp3) is 0.333. The molecule has 0 spiro atoms. The number of Topliss-reactive ketones (excluding diaryl/α,β-unsaturated/α-hetero) is 2. The summed E-state index contributed by atoms with van der Waals surface area (Å²) in [6, 6.07) is 12.5. The second-order valence-electron chi connectivity index (χ2n) is 6.74. The van der Waals surface area contributed by atoms with E-state index >= 15 is 0 Å². The topological polar surface area (TPSA) is 142 Å². The molecule has 0 bridgehead atoms. The van der Waals surface area contributed by atoms with Gasteiger partial charge in [0.15, 0.2) is 11.6 Å². The number of hydrogen-bond donors (Lipinski definition) is 1. The van der Waals surface area contributed by atoms with Gasteiger partial charge >= 0.3 is 43.7 Å². The normalized spacial score (nSPS) is 9.03. The van der Waals surface area contributed by atoms with Crippen LogP contribution in [0.3, 0.4) is 0 Å². The number of aromatic carboxylic acids is 2. The largest absolute Gasteiger partial charge is 1.00 e. The Bertz CT molecular complexity index is 824. The number of ketones is 2. The SMILES string of the molecule is CCCCC(=O)c1ccccc1C(=O)O.CCCCC(=O)c1ccccc1C(=O)[O-].[Li+].[Li+].[OH-]. The van der Waals surface area contributed by atoms with Crippen molar-refractivity contribution in [2.75, 3.05) is 0 Å². The minimum atomic E-state index is -1.30. The molecule has 0 aliphatic carbocycles. The number of carboxylic acid groups (broad SMARTS) is 2. The quantitative estimate of drug-likeness (QED) is 0.332. The van der Waals surface area contributed by atoms with Gasteiger partial charge in [-0.15, -0.1) is 0 Å². The molecular weight excluding hydrogens is 414 g/mol. The van der Waals surface area contributed by atoms with E-state index in [2.05, 4.69) is 0 Å². The molecule has 0 fully saturated rings. The molecule has 0 radical (unpaired) electrons. The summed E-state index contributed by atoms with van der Waals surface area (Å²) in [4.78, 5) is 44.9. The summed E-state index contributed by atoms with van der Waals surface area (Å²) in [5, 5.41) is 19.6.